The van der Waals surface area contributed by atoms with Gasteiger partial charge in [0.25, 0.3) is 15.7 Å². The lowest BCUT2D eigenvalue weighted by atomic mass is 10.2. The first kappa shape index (κ1) is 22.6. The molecule has 0 unspecified atom stereocenters. The van der Waals surface area contributed by atoms with Gasteiger partial charge in [0.05, 0.1) is 21.7 Å². The van der Waals surface area contributed by atoms with Crippen molar-refractivity contribution in [2.75, 3.05) is 16.4 Å². The van der Waals surface area contributed by atoms with Gasteiger partial charge in [-0.2, -0.15) is 5.10 Å². The molecule has 0 atom stereocenters. The highest BCUT2D eigenvalue weighted by Crippen LogP contribution is 2.29. The number of thioether (sulfide) groups is 1. The molecule has 0 saturated carbocycles. The molecule has 0 fully saturated rings. The van der Waals surface area contributed by atoms with Crippen molar-refractivity contribution in [1.82, 2.24) is 0 Å². The molecule has 160 valence electrons. The van der Waals surface area contributed by atoms with Gasteiger partial charge in [0.2, 0.25) is 0 Å². The molecule has 0 bridgehead atoms. The number of nitrogens with one attached hydrogen (secondary N) is 2. The highest BCUT2D eigenvalue weighted by atomic mass is 35.5. The smallest absolute Gasteiger partial charge is 0.280 e. The molecule has 8 nitrogen and oxygen atoms in total. The number of hydrogen-bond acceptors (Lipinski definition) is 7. The number of nitro groups is 1. The molecular weight excluding hydrogens is 460 g/mol. The number of anilines is 2. The number of nitro benzene ring substituents is 1. The Morgan fingerprint density at radius 2 is 1.84 bits per heavy atom. The second kappa shape index (κ2) is 9.82. The van der Waals surface area contributed by atoms with E-state index in [-0.39, 0.29) is 16.3 Å². The predicted molar refractivity (Wildman–Crippen MR) is 125 cm³/mol. The second-order valence-corrected chi connectivity index (χ2v) is 9.19. The molecule has 0 aliphatic heterocycles. The summed E-state index contributed by atoms with van der Waals surface area (Å²) in [6.07, 6.45) is 3.48. The van der Waals surface area contributed by atoms with Gasteiger partial charge < -0.3 is 0 Å². The summed E-state index contributed by atoms with van der Waals surface area (Å²) >= 11 is 7.48. The zero-order valence-corrected chi connectivity index (χ0v) is 18.5. The Bertz CT molecular complexity index is 1230. The van der Waals surface area contributed by atoms with Crippen LogP contribution >= 0.6 is 23.4 Å². The van der Waals surface area contributed by atoms with E-state index in [0.29, 0.717) is 5.02 Å². The fourth-order valence-electron chi connectivity index (χ4n) is 2.56. The maximum atomic E-state index is 12.6. The highest BCUT2D eigenvalue weighted by molar-refractivity contribution is 7.98. The summed E-state index contributed by atoms with van der Waals surface area (Å²) in [5.74, 6) is 0. The van der Waals surface area contributed by atoms with Gasteiger partial charge in [0.15, 0.2) is 0 Å². The molecule has 0 aromatic heterocycles. The van der Waals surface area contributed by atoms with Crippen LogP contribution in [0.2, 0.25) is 5.02 Å². The molecule has 0 amide bonds. The van der Waals surface area contributed by atoms with Crippen molar-refractivity contribution < 1.29 is 13.3 Å². The number of hydrogen-bond donors (Lipinski definition) is 2. The van der Waals surface area contributed by atoms with Crippen molar-refractivity contribution >= 4 is 56.7 Å². The van der Waals surface area contributed by atoms with Gasteiger partial charge in [-0.05, 0) is 54.3 Å². The normalized spacial score (nSPS) is 11.4. The number of nitrogens with zero attached hydrogens (tertiary/aromatic N) is 2. The van der Waals surface area contributed by atoms with Crippen molar-refractivity contribution in [3.8, 4) is 0 Å². The number of halogens is 1. The van der Waals surface area contributed by atoms with E-state index in [0.717, 1.165) is 16.5 Å². The summed E-state index contributed by atoms with van der Waals surface area (Å²) < 4.78 is 27.6. The van der Waals surface area contributed by atoms with Crippen LogP contribution in [-0.4, -0.2) is 25.8 Å². The molecule has 0 radical (unpaired) electrons. The van der Waals surface area contributed by atoms with E-state index in [1.165, 1.54) is 30.5 Å². The average molecular weight is 477 g/mol. The standard InChI is InChI=1S/C20H17ClN4O4S2/c1-30-17-7-5-14(6-8-17)13-22-23-19-10-9-18(12-20(19)25(26)27)31(28,29)24-16-4-2-3-15(21)11-16/h2-13,23-24H,1H3. The molecule has 3 aromatic rings. The third-order valence-corrected chi connectivity index (χ3v) is 6.43. The van der Waals surface area contributed by atoms with E-state index in [9.17, 15) is 18.5 Å². The number of benzene rings is 3. The quantitative estimate of drug-likeness (QED) is 0.199. The molecule has 3 aromatic carbocycles. The summed E-state index contributed by atoms with van der Waals surface area (Å²) in [7, 11) is -4.05. The van der Waals surface area contributed by atoms with E-state index in [2.05, 4.69) is 15.2 Å². The molecule has 2 N–H and O–H groups in total. The molecule has 11 heteroatoms. The first-order chi connectivity index (χ1) is 14.8. The molecule has 0 heterocycles. The number of rotatable bonds is 8. The van der Waals surface area contributed by atoms with Crippen LogP contribution < -0.4 is 10.1 Å². The van der Waals surface area contributed by atoms with Crippen LogP contribution in [0.4, 0.5) is 17.1 Å². The average Bonchev–Trinajstić information content (AvgIpc) is 2.74. The van der Waals surface area contributed by atoms with Gasteiger partial charge in [0, 0.05) is 16.0 Å². The van der Waals surface area contributed by atoms with Crippen LogP contribution in [0.15, 0.2) is 81.6 Å². The van der Waals surface area contributed by atoms with Crippen LogP contribution in [0.3, 0.4) is 0 Å². The maximum absolute atomic E-state index is 12.6. The SMILES string of the molecule is CSc1ccc(C=NNc2ccc(S(=O)(=O)Nc3cccc(Cl)c3)cc2[N+](=O)[O-])cc1. The van der Waals surface area contributed by atoms with Crippen molar-refractivity contribution in [2.45, 2.75) is 9.79 Å². The first-order valence-corrected chi connectivity index (χ1v) is 11.9. The van der Waals surface area contributed by atoms with E-state index in [4.69, 9.17) is 11.6 Å². The van der Waals surface area contributed by atoms with E-state index < -0.39 is 20.6 Å². The molecule has 0 spiro atoms. The van der Waals surface area contributed by atoms with Crippen LogP contribution in [0.25, 0.3) is 0 Å². The fourth-order valence-corrected chi connectivity index (χ4v) is 4.22. The summed E-state index contributed by atoms with van der Waals surface area (Å²) in [5.41, 5.74) is 3.28. The molecule has 3 rings (SSSR count). The Balaban J connectivity index is 1.81. The lowest BCUT2D eigenvalue weighted by Gasteiger charge is -2.09. The maximum Gasteiger partial charge on any atom is 0.295 e. The Labute approximate surface area is 188 Å². The Kier molecular flexibility index (Phi) is 7.16. The van der Waals surface area contributed by atoms with Gasteiger partial charge in [-0.25, -0.2) is 8.42 Å². The van der Waals surface area contributed by atoms with Crippen LogP contribution in [0.1, 0.15) is 5.56 Å². The molecular formula is C20H17ClN4O4S2. The Hall–Kier alpha value is -3.08. The lowest BCUT2D eigenvalue weighted by Crippen LogP contribution is -2.13. The fraction of sp³-hybridized carbons (Fsp3) is 0.0500. The summed E-state index contributed by atoms with van der Waals surface area (Å²) in [6, 6.07) is 17.2. The Morgan fingerprint density at radius 1 is 1.10 bits per heavy atom. The topological polar surface area (TPSA) is 114 Å². The van der Waals surface area contributed by atoms with Crippen molar-refractivity contribution in [3.05, 3.63) is 87.4 Å². The van der Waals surface area contributed by atoms with Crippen LogP contribution in [0.5, 0.6) is 0 Å². The molecule has 0 saturated heterocycles. The minimum Gasteiger partial charge on any atom is -0.280 e. The van der Waals surface area contributed by atoms with E-state index in [1.807, 2.05) is 30.5 Å². The largest absolute Gasteiger partial charge is 0.295 e. The third-order valence-electron chi connectivity index (χ3n) is 4.07. The van der Waals surface area contributed by atoms with Gasteiger partial charge in [-0.15, -0.1) is 11.8 Å². The molecule has 31 heavy (non-hydrogen) atoms. The van der Waals surface area contributed by atoms with Crippen molar-refractivity contribution in [3.63, 3.8) is 0 Å². The van der Waals surface area contributed by atoms with Gasteiger partial charge in [-0.3, -0.25) is 20.3 Å². The zero-order valence-electron chi connectivity index (χ0n) is 16.2. The lowest BCUT2D eigenvalue weighted by molar-refractivity contribution is -0.384. The minimum atomic E-state index is -4.05. The first-order valence-electron chi connectivity index (χ1n) is 8.78. The highest BCUT2D eigenvalue weighted by Gasteiger charge is 2.21. The number of hydrazone groups is 1. The van der Waals surface area contributed by atoms with E-state index >= 15 is 0 Å². The van der Waals surface area contributed by atoms with Crippen molar-refractivity contribution in [2.24, 2.45) is 5.10 Å². The van der Waals surface area contributed by atoms with Gasteiger partial charge >= 0.3 is 0 Å². The van der Waals surface area contributed by atoms with E-state index in [1.54, 1.807) is 23.9 Å². The third kappa shape index (κ3) is 5.97. The summed E-state index contributed by atoms with van der Waals surface area (Å²) in [5, 5.41) is 15.9. The van der Waals surface area contributed by atoms with Crippen LogP contribution in [0, 0.1) is 10.1 Å². The summed E-state index contributed by atoms with van der Waals surface area (Å²) in [4.78, 5) is 11.6. The van der Waals surface area contributed by atoms with Crippen molar-refractivity contribution in [1.29, 1.82) is 0 Å². The minimum absolute atomic E-state index is 0.0590. The van der Waals surface area contributed by atoms with Gasteiger partial charge in [-0.1, -0.05) is 29.8 Å². The molecule has 0 aliphatic rings. The molecule has 0 aliphatic carbocycles. The van der Waals surface area contributed by atoms with Gasteiger partial charge in [0.1, 0.15) is 5.69 Å². The Morgan fingerprint density at radius 3 is 2.48 bits per heavy atom. The second-order valence-electron chi connectivity index (χ2n) is 6.20. The number of sulfonamides is 1. The predicted octanol–water partition coefficient (Wildman–Crippen LogP) is 5.22. The zero-order chi connectivity index (χ0) is 22.4. The summed E-state index contributed by atoms with van der Waals surface area (Å²) in [6.45, 7) is 0. The van der Waals surface area contributed by atoms with Crippen LogP contribution in [-0.2, 0) is 10.0 Å². The monoisotopic (exact) mass is 476 g/mol.